The molecule has 0 fully saturated rings. The van der Waals surface area contributed by atoms with Crippen molar-refractivity contribution < 1.29 is 26.3 Å². The predicted molar refractivity (Wildman–Crippen MR) is 43.0 cm³/mol. The van der Waals surface area contributed by atoms with E-state index in [1.807, 2.05) is 0 Å². The van der Waals surface area contributed by atoms with Crippen LogP contribution in [-0.4, -0.2) is 14.4 Å². The van der Waals surface area contributed by atoms with Crippen molar-refractivity contribution in [2.24, 2.45) is 0 Å². The lowest BCUT2D eigenvalue weighted by Crippen LogP contribution is -2.17. The average molecular weight is 255 g/mol. The largest absolute Gasteiger partial charge is 0.433 e. The van der Waals surface area contributed by atoms with Crippen molar-refractivity contribution in [3.63, 3.8) is 0 Å². The van der Waals surface area contributed by atoms with E-state index in [-0.39, 0.29) is 6.07 Å². The highest BCUT2D eigenvalue weighted by Gasteiger charge is 2.39. The molecule has 0 unspecified atom stereocenters. The molecule has 0 saturated heterocycles. The molecular formula is C8H3F6N3. The van der Waals surface area contributed by atoms with Crippen LogP contribution in [0.1, 0.15) is 11.4 Å². The second-order valence-electron chi connectivity index (χ2n) is 3.12. The zero-order chi connectivity index (χ0) is 12.8. The Balaban J connectivity index is 2.76. The van der Waals surface area contributed by atoms with Gasteiger partial charge in [0, 0.05) is 12.4 Å². The molecule has 17 heavy (non-hydrogen) atoms. The van der Waals surface area contributed by atoms with E-state index in [1.165, 1.54) is 0 Å². The second-order valence-corrected chi connectivity index (χ2v) is 3.12. The second kappa shape index (κ2) is 3.34. The molecule has 0 aliphatic rings. The third-order valence-corrected chi connectivity index (χ3v) is 1.96. The molecule has 2 aromatic heterocycles. The molecule has 0 amide bonds. The number of hydrogen-bond donors (Lipinski definition) is 0. The lowest BCUT2D eigenvalue weighted by atomic mass is 10.3. The van der Waals surface area contributed by atoms with Gasteiger partial charge in [0.25, 0.3) is 0 Å². The zero-order valence-electron chi connectivity index (χ0n) is 7.84. The number of aromatic nitrogens is 3. The van der Waals surface area contributed by atoms with E-state index in [4.69, 9.17) is 0 Å². The van der Waals surface area contributed by atoms with Gasteiger partial charge in [-0.3, -0.25) is 4.40 Å². The first-order chi connectivity index (χ1) is 7.69. The van der Waals surface area contributed by atoms with Crippen LogP contribution in [-0.2, 0) is 12.4 Å². The highest BCUT2D eigenvalue weighted by Crippen LogP contribution is 2.34. The molecule has 0 saturated carbocycles. The van der Waals surface area contributed by atoms with Crippen LogP contribution in [0, 0.1) is 0 Å². The normalized spacial score (nSPS) is 13.3. The van der Waals surface area contributed by atoms with E-state index >= 15 is 0 Å². The first-order valence-corrected chi connectivity index (χ1v) is 4.18. The minimum atomic E-state index is -4.95. The Morgan fingerprint density at radius 2 is 1.65 bits per heavy atom. The maximum atomic E-state index is 12.5. The Morgan fingerprint density at radius 1 is 1.00 bits per heavy atom. The van der Waals surface area contributed by atoms with Crippen LogP contribution in [0.4, 0.5) is 26.3 Å². The van der Waals surface area contributed by atoms with Crippen molar-refractivity contribution in [1.82, 2.24) is 14.4 Å². The molecule has 0 atom stereocenters. The van der Waals surface area contributed by atoms with E-state index in [0.29, 0.717) is 4.40 Å². The Labute approximate surface area is 89.7 Å². The van der Waals surface area contributed by atoms with Crippen LogP contribution in [0.15, 0.2) is 18.5 Å². The monoisotopic (exact) mass is 255 g/mol. The summed E-state index contributed by atoms with van der Waals surface area (Å²) >= 11 is 0. The Morgan fingerprint density at radius 3 is 2.18 bits per heavy atom. The topological polar surface area (TPSA) is 30.2 Å². The molecule has 2 aromatic rings. The summed E-state index contributed by atoms with van der Waals surface area (Å²) < 4.78 is 75.0. The number of alkyl halides is 6. The van der Waals surface area contributed by atoms with Crippen molar-refractivity contribution in [3.8, 4) is 0 Å². The molecule has 3 nitrogen and oxygen atoms in total. The predicted octanol–water partition coefficient (Wildman–Crippen LogP) is 2.77. The molecule has 0 aliphatic carbocycles. The Bertz CT molecular complexity index is 552. The fourth-order valence-corrected chi connectivity index (χ4v) is 1.27. The van der Waals surface area contributed by atoms with Crippen molar-refractivity contribution in [3.05, 3.63) is 29.8 Å². The summed E-state index contributed by atoms with van der Waals surface area (Å²) in [5, 5.41) is 0. The smallest absolute Gasteiger partial charge is 0.279 e. The van der Waals surface area contributed by atoms with Gasteiger partial charge in [0.15, 0.2) is 5.69 Å². The minimum Gasteiger partial charge on any atom is -0.279 e. The lowest BCUT2D eigenvalue weighted by molar-refractivity contribution is -0.147. The molecule has 0 bridgehead atoms. The zero-order valence-corrected chi connectivity index (χ0v) is 7.84. The SMILES string of the molecule is FC(F)(F)c1cc(C(F)(F)F)n2ccnc2n1. The molecule has 0 spiro atoms. The maximum Gasteiger partial charge on any atom is 0.433 e. The van der Waals surface area contributed by atoms with Crippen molar-refractivity contribution in [2.75, 3.05) is 0 Å². The van der Waals surface area contributed by atoms with E-state index in [1.54, 1.807) is 0 Å². The summed E-state index contributed by atoms with van der Waals surface area (Å²) in [6, 6.07) is -0.0469. The van der Waals surface area contributed by atoms with Gasteiger partial charge in [-0.25, -0.2) is 9.97 Å². The number of hydrogen-bond acceptors (Lipinski definition) is 2. The van der Waals surface area contributed by atoms with Crippen molar-refractivity contribution in [2.45, 2.75) is 12.4 Å². The van der Waals surface area contributed by atoms with Gasteiger partial charge in [0.1, 0.15) is 5.69 Å². The molecule has 9 heteroatoms. The number of fused-ring (bicyclic) bond motifs is 1. The molecule has 92 valence electrons. The standard InChI is InChI=1S/C8H3F6N3/c9-7(10,11)4-3-5(8(12,13)14)17-2-1-15-6(17)16-4/h1-3H. The third-order valence-electron chi connectivity index (χ3n) is 1.96. The van der Waals surface area contributed by atoms with Crippen LogP contribution in [0.3, 0.4) is 0 Å². The van der Waals surface area contributed by atoms with Crippen LogP contribution in [0.5, 0.6) is 0 Å². The fourth-order valence-electron chi connectivity index (χ4n) is 1.27. The van der Waals surface area contributed by atoms with E-state index < -0.39 is 29.5 Å². The molecule has 0 radical (unpaired) electrons. The van der Waals surface area contributed by atoms with E-state index in [9.17, 15) is 26.3 Å². The number of imidazole rings is 1. The first-order valence-electron chi connectivity index (χ1n) is 4.18. The van der Waals surface area contributed by atoms with Crippen molar-refractivity contribution in [1.29, 1.82) is 0 Å². The summed E-state index contributed by atoms with van der Waals surface area (Å²) in [7, 11) is 0. The Hall–Kier alpha value is -1.80. The summed E-state index contributed by atoms with van der Waals surface area (Å²) in [6.07, 6.45) is -8.03. The molecular weight excluding hydrogens is 252 g/mol. The highest BCUT2D eigenvalue weighted by atomic mass is 19.4. The highest BCUT2D eigenvalue weighted by molar-refractivity contribution is 5.34. The summed E-state index contributed by atoms with van der Waals surface area (Å²) in [5.74, 6) is -0.646. The van der Waals surface area contributed by atoms with Crippen molar-refractivity contribution >= 4 is 5.78 Å². The number of halogens is 6. The van der Waals surface area contributed by atoms with Gasteiger partial charge in [-0.1, -0.05) is 0 Å². The molecule has 2 rings (SSSR count). The summed E-state index contributed by atoms with van der Waals surface area (Å²) in [6.45, 7) is 0. The summed E-state index contributed by atoms with van der Waals surface area (Å²) in [5.41, 5.74) is -3.09. The van der Waals surface area contributed by atoms with Gasteiger partial charge in [-0.2, -0.15) is 26.3 Å². The van der Waals surface area contributed by atoms with Gasteiger partial charge in [-0.05, 0) is 6.07 Å². The molecule has 0 aliphatic heterocycles. The molecule has 0 N–H and O–H groups in total. The van der Waals surface area contributed by atoms with Crippen LogP contribution < -0.4 is 0 Å². The van der Waals surface area contributed by atoms with Crippen LogP contribution in [0.2, 0.25) is 0 Å². The molecule has 2 heterocycles. The van der Waals surface area contributed by atoms with Gasteiger partial charge in [0.05, 0.1) is 0 Å². The average Bonchev–Trinajstić information content (AvgIpc) is 2.59. The van der Waals surface area contributed by atoms with Gasteiger partial charge in [-0.15, -0.1) is 0 Å². The maximum absolute atomic E-state index is 12.5. The minimum absolute atomic E-state index is 0.0469. The fraction of sp³-hybridized carbons (Fsp3) is 0.250. The first kappa shape index (κ1) is 11.7. The quantitative estimate of drug-likeness (QED) is 0.677. The van der Waals surface area contributed by atoms with E-state index in [2.05, 4.69) is 9.97 Å². The third kappa shape index (κ3) is 2.04. The lowest BCUT2D eigenvalue weighted by Gasteiger charge is -2.12. The van der Waals surface area contributed by atoms with Gasteiger partial charge >= 0.3 is 12.4 Å². The Kier molecular flexibility index (Phi) is 2.30. The van der Waals surface area contributed by atoms with Gasteiger partial charge in [0.2, 0.25) is 5.78 Å². The van der Waals surface area contributed by atoms with E-state index in [0.717, 1.165) is 12.4 Å². The van der Waals surface area contributed by atoms with Gasteiger partial charge < -0.3 is 0 Å². The summed E-state index contributed by atoms with van der Waals surface area (Å²) in [4.78, 5) is 6.33. The number of nitrogens with zero attached hydrogens (tertiary/aromatic N) is 3. The molecule has 0 aromatic carbocycles. The van der Waals surface area contributed by atoms with Crippen LogP contribution >= 0.6 is 0 Å². The number of rotatable bonds is 0. The van der Waals surface area contributed by atoms with Crippen LogP contribution in [0.25, 0.3) is 5.78 Å².